The van der Waals surface area contributed by atoms with E-state index in [0.717, 1.165) is 12.2 Å². The number of aromatic hydroxyl groups is 1. The molecule has 2 aromatic rings. The first-order chi connectivity index (χ1) is 9.58. The summed E-state index contributed by atoms with van der Waals surface area (Å²) < 4.78 is 2.01. The summed E-state index contributed by atoms with van der Waals surface area (Å²) in [4.78, 5) is 19.8. The molecule has 1 amide bonds. The number of hydrogen-bond acceptors (Lipinski definition) is 4. The standard InChI is InChI=1S/C14H18N4O2/c1-10(2)8-18-9-16-5-11(18)6-17-14(20)12-3-4-15-7-13(12)19/h3-5,7,9-10,19H,6,8H2,1-2H3,(H,17,20). The van der Waals surface area contributed by atoms with Crippen molar-refractivity contribution in [2.24, 2.45) is 5.92 Å². The van der Waals surface area contributed by atoms with Gasteiger partial charge in [-0.3, -0.25) is 9.78 Å². The highest BCUT2D eigenvalue weighted by Gasteiger charge is 2.11. The highest BCUT2D eigenvalue weighted by Crippen LogP contribution is 2.13. The zero-order valence-corrected chi connectivity index (χ0v) is 11.6. The van der Waals surface area contributed by atoms with Crippen LogP contribution in [0.25, 0.3) is 0 Å². The lowest BCUT2D eigenvalue weighted by atomic mass is 10.2. The van der Waals surface area contributed by atoms with Crippen molar-refractivity contribution in [2.45, 2.75) is 26.9 Å². The Morgan fingerprint density at radius 2 is 2.20 bits per heavy atom. The lowest BCUT2D eigenvalue weighted by Crippen LogP contribution is -2.24. The Morgan fingerprint density at radius 3 is 2.90 bits per heavy atom. The molecule has 0 saturated heterocycles. The molecule has 2 aromatic heterocycles. The maximum Gasteiger partial charge on any atom is 0.255 e. The van der Waals surface area contributed by atoms with Gasteiger partial charge in [0.25, 0.3) is 5.91 Å². The number of nitrogens with zero attached hydrogens (tertiary/aromatic N) is 3. The summed E-state index contributed by atoms with van der Waals surface area (Å²) >= 11 is 0. The van der Waals surface area contributed by atoms with Crippen LogP contribution in [0.2, 0.25) is 0 Å². The Labute approximate surface area is 117 Å². The minimum atomic E-state index is -0.331. The van der Waals surface area contributed by atoms with Gasteiger partial charge in [-0.15, -0.1) is 0 Å². The van der Waals surface area contributed by atoms with Crippen LogP contribution in [-0.4, -0.2) is 25.5 Å². The summed E-state index contributed by atoms with van der Waals surface area (Å²) in [5.74, 6) is 0.0470. The van der Waals surface area contributed by atoms with E-state index in [0.29, 0.717) is 12.5 Å². The van der Waals surface area contributed by atoms with Crippen LogP contribution in [0.15, 0.2) is 31.0 Å². The van der Waals surface area contributed by atoms with Crippen LogP contribution in [0.3, 0.4) is 0 Å². The third-order valence-corrected chi connectivity index (χ3v) is 2.84. The van der Waals surface area contributed by atoms with Gasteiger partial charge in [-0.25, -0.2) is 4.98 Å². The number of imidazole rings is 1. The highest BCUT2D eigenvalue weighted by molar-refractivity contribution is 5.96. The molecule has 2 heterocycles. The van der Waals surface area contributed by atoms with Crippen LogP contribution in [-0.2, 0) is 13.1 Å². The molecule has 0 unspecified atom stereocenters. The number of nitrogens with one attached hydrogen (secondary N) is 1. The number of aromatic nitrogens is 3. The summed E-state index contributed by atoms with van der Waals surface area (Å²) in [5, 5.41) is 12.3. The summed E-state index contributed by atoms with van der Waals surface area (Å²) in [7, 11) is 0. The minimum absolute atomic E-state index is 0.124. The van der Waals surface area contributed by atoms with Crippen LogP contribution in [0, 0.1) is 5.92 Å². The van der Waals surface area contributed by atoms with Gasteiger partial charge in [0.15, 0.2) is 0 Å². The third-order valence-electron chi connectivity index (χ3n) is 2.84. The average molecular weight is 274 g/mol. The SMILES string of the molecule is CC(C)Cn1cncc1CNC(=O)c1ccncc1O. The Kier molecular flexibility index (Phi) is 4.34. The van der Waals surface area contributed by atoms with Crippen molar-refractivity contribution < 1.29 is 9.90 Å². The van der Waals surface area contributed by atoms with Crippen molar-refractivity contribution in [3.05, 3.63) is 42.2 Å². The van der Waals surface area contributed by atoms with Crippen LogP contribution < -0.4 is 5.32 Å². The number of amides is 1. The first-order valence-corrected chi connectivity index (χ1v) is 6.48. The summed E-state index contributed by atoms with van der Waals surface area (Å²) in [5.41, 5.74) is 1.15. The van der Waals surface area contributed by atoms with Gasteiger partial charge in [0.1, 0.15) is 5.75 Å². The molecule has 6 nitrogen and oxygen atoms in total. The predicted octanol–water partition coefficient (Wildman–Crippen LogP) is 1.57. The van der Waals surface area contributed by atoms with E-state index in [1.54, 1.807) is 12.5 Å². The fourth-order valence-corrected chi connectivity index (χ4v) is 1.90. The Hall–Kier alpha value is -2.37. The maximum atomic E-state index is 12.0. The van der Waals surface area contributed by atoms with Crippen molar-refractivity contribution in [3.8, 4) is 5.75 Å². The molecule has 0 bridgehead atoms. The normalized spacial score (nSPS) is 10.8. The second kappa shape index (κ2) is 6.18. The van der Waals surface area contributed by atoms with Gasteiger partial charge < -0.3 is 15.0 Å². The largest absolute Gasteiger partial charge is 0.505 e. The lowest BCUT2D eigenvalue weighted by Gasteiger charge is -2.11. The number of rotatable bonds is 5. The molecular weight excluding hydrogens is 256 g/mol. The molecule has 0 radical (unpaired) electrons. The monoisotopic (exact) mass is 274 g/mol. The fourth-order valence-electron chi connectivity index (χ4n) is 1.90. The topological polar surface area (TPSA) is 80.0 Å². The average Bonchev–Trinajstić information content (AvgIpc) is 2.83. The van der Waals surface area contributed by atoms with Crippen molar-refractivity contribution in [2.75, 3.05) is 0 Å². The van der Waals surface area contributed by atoms with Gasteiger partial charge >= 0.3 is 0 Å². The molecule has 106 valence electrons. The van der Waals surface area contributed by atoms with Crippen LogP contribution in [0.1, 0.15) is 29.9 Å². The smallest absolute Gasteiger partial charge is 0.255 e. The molecule has 0 spiro atoms. The van der Waals surface area contributed by atoms with Crippen molar-refractivity contribution in [3.63, 3.8) is 0 Å². The molecule has 0 aliphatic carbocycles. The molecule has 2 N–H and O–H groups in total. The zero-order chi connectivity index (χ0) is 14.5. The van der Waals surface area contributed by atoms with Gasteiger partial charge in [0.05, 0.1) is 30.3 Å². The van der Waals surface area contributed by atoms with Crippen molar-refractivity contribution >= 4 is 5.91 Å². The molecule has 0 aliphatic heterocycles. The van der Waals surface area contributed by atoms with E-state index in [9.17, 15) is 9.90 Å². The molecular formula is C14H18N4O2. The van der Waals surface area contributed by atoms with Gasteiger partial charge in [0.2, 0.25) is 0 Å². The van der Waals surface area contributed by atoms with E-state index in [2.05, 4.69) is 29.1 Å². The Bertz CT molecular complexity index is 592. The lowest BCUT2D eigenvalue weighted by molar-refractivity contribution is 0.0947. The van der Waals surface area contributed by atoms with Gasteiger partial charge in [-0.1, -0.05) is 13.8 Å². The molecule has 0 aromatic carbocycles. The number of hydrogen-bond donors (Lipinski definition) is 2. The molecule has 20 heavy (non-hydrogen) atoms. The van der Waals surface area contributed by atoms with Crippen molar-refractivity contribution in [1.29, 1.82) is 0 Å². The number of pyridine rings is 1. The second-order valence-corrected chi connectivity index (χ2v) is 5.01. The van der Waals surface area contributed by atoms with E-state index in [-0.39, 0.29) is 17.2 Å². The second-order valence-electron chi connectivity index (χ2n) is 5.01. The predicted molar refractivity (Wildman–Crippen MR) is 74.1 cm³/mol. The van der Waals surface area contributed by atoms with Crippen molar-refractivity contribution in [1.82, 2.24) is 19.9 Å². The van der Waals surface area contributed by atoms with Gasteiger partial charge in [0, 0.05) is 18.9 Å². The molecule has 0 fully saturated rings. The molecule has 0 atom stereocenters. The summed E-state index contributed by atoms with van der Waals surface area (Å²) in [6.07, 6.45) is 6.20. The van der Waals surface area contributed by atoms with E-state index >= 15 is 0 Å². The maximum absolute atomic E-state index is 12.0. The van der Waals surface area contributed by atoms with Gasteiger partial charge in [-0.2, -0.15) is 0 Å². The Morgan fingerprint density at radius 1 is 1.40 bits per heavy atom. The van der Waals surface area contributed by atoms with E-state index in [1.807, 2.05) is 4.57 Å². The quantitative estimate of drug-likeness (QED) is 0.867. The first kappa shape index (κ1) is 14.0. The van der Waals surface area contributed by atoms with E-state index in [4.69, 9.17) is 0 Å². The minimum Gasteiger partial charge on any atom is -0.505 e. The molecule has 2 rings (SSSR count). The third kappa shape index (κ3) is 3.34. The number of carbonyl (C=O) groups is 1. The summed E-state index contributed by atoms with van der Waals surface area (Å²) in [6.45, 7) is 5.47. The molecule has 6 heteroatoms. The van der Waals surface area contributed by atoms with Crippen LogP contribution in [0.5, 0.6) is 5.75 Å². The van der Waals surface area contributed by atoms with Crippen LogP contribution in [0.4, 0.5) is 0 Å². The fraction of sp³-hybridized carbons (Fsp3) is 0.357. The first-order valence-electron chi connectivity index (χ1n) is 6.48. The van der Waals surface area contributed by atoms with Crippen LogP contribution >= 0.6 is 0 Å². The summed E-state index contributed by atoms with van der Waals surface area (Å²) in [6, 6.07) is 1.48. The number of carbonyl (C=O) groups excluding carboxylic acids is 1. The van der Waals surface area contributed by atoms with Gasteiger partial charge in [-0.05, 0) is 12.0 Å². The molecule has 0 saturated carbocycles. The zero-order valence-electron chi connectivity index (χ0n) is 11.6. The molecule has 0 aliphatic rings. The van der Waals surface area contributed by atoms with E-state index in [1.165, 1.54) is 18.5 Å². The Balaban J connectivity index is 2.01. The highest BCUT2D eigenvalue weighted by atomic mass is 16.3. The van der Waals surface area contributed by atoms with E-state index < -0.39 is 0 Å².